The molecule has 4 rings (SSSR count). The number of amides is 2. The number of fused-ring (bicyclic) bond motifs is 2. The molecule has 2 aliphatic rings. The number of carbonyl (C=O) groups is 3. The molecule has 2 heterocycles. The number of nitrogens with one attached hydrogen (secondary N) is 1. The van der Waals surface area contributed by atoms with Gasteiger partial charge < -0.3 is 10.1 Å². The molecule has 27 heavy (non-hydrogen) atoms. The summed E-state index contributed by atoms with van der Waals surface area (Å²) >= 11 is 1.44. The van der Waals surface area contributed by atoms with Gasteiger partial charge in [0.25, 0.3) is 5.91 Å². The van der Waals surface area contributed by atoms with Crippen molar-refractivity contribution >= 4 is 40.5 Å². The fourth-order valence-corrected chi connectivity index (χ4v) is 4.74. The second-order valence-electron chi connectivity index (χ2n) is 7.25. The molecule has 0 atom stereocenters. The summed E-state index contributed by atoms with van der Waals surface area (Å²) in [7, 11) is 0. The van der Waals surface area contributed by atoms with Gasteiger partial charge in [-0.05, 0) is 56.9 Å². The van der Waals surface area contributed by atoms with E-state index in [2.05, 4.69) is 5.32 Å². The Bertz CT molecular complexity index is 926. The highest BCUT2D eigenvalue weighted by atomic mass is 32.1. The van der Waals surface area contributed by atoms with Gasteiger partial charge in [0, 0.05) is 4.88 Å². The number of hydrogen-bond donors (Lipinski definition) is 1. The molecule has 1 aromatic carbocycles. The van der Waals surface area contributed by atoms with E-state index in [4.69, 9.17) is 4.74 Å². The summed E-state index contributed by atoms with van der Waals surface area (Å²) in [5, 5.41) is 2.81. The van der Waals surface area contributed by atoms with E-state index < -0.39 is 24.0 Å². The molecule has 140 valence electrons. The highest BCUT2D eigenvalue weighted by molar-refractivity contribution is 7.14. The van der Waals surface area contributed by atoms with E-state index >= 15 is 0 Å². The number of nitrogens with zero attached hydrogens (tertiary/aromatic N) is 1. The fraction of sp³-hybridized carbons (Fsp3) is 0.350. The lowest BCUT2D eigenvalue weighted by atomic mass is 9.96. The van der Waals surface area contributed by atoms with Crippen molar-refractivity contribution in [3.63, 3.8) is 0 Å². The molecule has 7 heteroatoms. The van der Waals surface area contributed by atoms with E-state index in [-0.39, 0.29) is 5.91 Å². The van der Waals surface area contributed by atoms with Crippen molar-refractivity contribution in [2.45, 2.75) is 38.6 Å². The number of rotatable bonds is 3. The molecule has 2 aromatic rings. The molecule has 0 fully saturated rings. The molecule has 1 aliphatic carbocycles. The molecular weight excluding hydrogens is 364 g/mol. The van der Waals surface area contributed by atoms with Crippen molar-refractivity contribution in [1.82, 2.24) is 0 Å². The van der Waals surface area contributed by atoms with Crippen molar-refractivity contribution in [1.29, 1.82) is 0 Å². The minimum absolute atomic E-state index is 0.282. The van der Waals surface area contributed by atoms with Crippen LogP contribution >= 0.6 is 11.3 Å². The maximum atomic E-state index is 12.9. The molecule has 1 N–H and O–H groups in total. The first-order valence-electron chi connectivity index (χ1n) is 8.90. The molecule has 0 saturated carbocycles. The maximum absolute atomic E-state index is 12.9. The van der Waals surface area contributed by atoms with Crippen molar-refractivity contribution in [2.24, 2.45) is 0 Å². The van der Waals surface area contributed by atoms with Gasteiger partial charge in [-0.25, -0.2) is 4.79 Å². The quantitative estimate of drug-likeness (QED) is 0.825. The predicted octanol–water partition coefficient (Wildman–Crippen LogP) is 3.16. The number of para-hydroxylation sites is 2. The molecule has 0 radical (unpaired) electrons. The van der Waals surface area contributed by atoms with Gasteiger partial charge in [0.15, 0.2) is 6.61 Å². The molecule has 1 aliphatic heterocycles. The topological polar surface area (TPSA) is 75.7 Å². The largest absolute Gasteiger partial charge is 0.451 e. The van der Waals surface area contributed by atoms with Crippen LogP contribution in [0.4, 0.5) is 11.4 Å². The summed E-state index contributed by atoms with van der Waals surface area (Å²) < 4.78 is 5.27. The van der Waals surface area contributed by atoms with Crippen LogP contribution in [0.15, 0.2) is 30.3 Å². The van der Waals surface area contributed by atoms with Crippen molar-refractivity contribution in [2.75, 3.05) is 16.8 Å². The molecule has 0 unspecified atom stereocenters. The third-order valence-electron chi connectivity index (χ3n) is 5.03. The lowest BCUT2D eigenvalue weighted by Crippen LogP contribution is -2.59. The average molecular weight is 384 g/mol. The van der Waals surface area contributed by atoms with Crippen LogP contribution in [0, 0.1) is 0 Å². The summed E-state index contributed by atoms with van der Waals surface area (Å²) in [6.07, 6.45) is 3.12. The van der Waals surface area contributed by atoms with Crippen LogP contribution in [0.3, 0.4) is 0 Å². The van der Waals surface area contributed by atoms with Crippen LogP contribution in [0.5, 0.6) is 0 Å². The predicted molar refractivity (Wildman–Crippen MR) is 103 cm³/mol. The van der Waals surface area contributed by atoms with Gasteiger partial charge in [0.2, 0.25) is 5.91 Å². The minimum atomic E-state index is -1.08. The molecular formula is C20H20N2O4S. The zero-order valence-corrected chi connectivity index (χ0v) is 16.0. The first-order valence-corrected chi connectivity index (χ1v) is 9.72. The number of benzene rings is 1. The van der Waals surface area contributed by atoms with Gasteiger partial charge in [0.1, 0.15) is 10.4 Å². The number of carbonyl (C=O) groups excluding carboxylic acids is 3. The lowest BCUT2D eigenvalue weighted by molar-refractivity contribution is -0.128. The van der Waals surface area contributed by atoms with Crippen molar-refractivity contribution in [3.8, 4) is 0 Å². The van der Waals surface area contributed by atoms with Gasteiger partial charge in [-0.2, -0.15) is 0 Å². The van der Waals surface area contributed by atoms with Gasteiger partial charge in [-0.3, -0.25) is 14.5 Å². The Morgan fingerprint density at radius 2 is 2.04 bits per heavy atom. The Kier molecular flexibility index (Phi) is 4.26. The monoisotopic (exact) mass is 384 g/mol. The van der Waals surface area contributed by atoms with E-state index in [0.29, 0.717) is 16.3 Å². The summed E-state index contributed by atoms with van der Waals surface area (Å²) in [4.78, 5) is 40.8. The third kappa shape index (κ3) is 3.02. The molecule has 0 saturated heterocycles. The first-order chi connectivity index (χ1) is 12.9. The second kappa shape index (κ2) is 6.49. The highest BCUT2D eigenvalue weighted by Crippen LogP contribution is 2.37. The number of anilines is 2. The number of ether oxygens (including phenoxy) is 1. The standard InChI is InChI=1S/C20H20N2O4S/c1-20(2)19(25)21-13-7-3-4-8-14(13)22(20)17(23)11-26-18(24)16-10-12-6-5-9-15(12)27-16/h3-4,7-8,10H,5-6,9,11H2,1-2H3,(H,21,25). The van der Waals surface area contributed by atoms with Gasteiger partial charge in [0.05, 0.1) is 11.4 Å². The SMILES string of the molecule is CC1(C)C(=O)Nc2ccccc2N1C(=O)COC(=O)c1cc2c(s1)CCC2. The Morgan fingerprint density at radius 3 is 2.81 bits per heavy atom. The third-order valence-corrected chi connectivity index (χ3v) is 6.25. The van der Waals surface area contributed by atoms with E-state index in [0.717, 1.165) is 19.3 Å². The Balaban J connectivity index is 1.51. The van der Waals surface area contributed by atoms with Crippen LogP contribution < -0.4 is 10.2 Å². The van der Waals surface area contributed by atoms with E-state index in [1.165, 1.54) is 26.7 Å². The number of hydrogen-bond acceptors (Lipinski definition) is 5. The zero-order chi connectivity index (χ0) is 19.2. The second-order valence-corrected chi connectivity index (χ2v) is 8.38. The summed E-state index contributed by atoms with van der Waals surface area (Å²) in [6.45, 7) is 2.93. The van der Waals surface area contributed by atoms with Crippen molar-refractivity contribution < 1.29 is 19.1 Å². The molecule has 6 nitrogen and oxygen atoms in total. The summed E-state index contributed by atoms with van der Waals surface area (Å²) in [5.74, 6) is -1.20. The zero-order valence-electron chi connectivity index (χ0n) is 15.2. The Morgan fingerprint density at radius 1 is 1.26 bits per heavy atom. The molecule has 1 aromatic heterocycles. The number of aryl methyl sites for hydroxylation is 2. The highest BCUT2D eigenvalue weighted by Gasteiger charge is 2.43. The van der Waals surface area contributed by atoms with Crippen LogP contribution in [0.1, 0.15) is 40.4 Å². The number of thiophene rings is 1. The summed E-state index contributed by atoms with van der Waals surface area (Å²) in [6, 6.07) is 8.96. The Labute approximate surface area is 161 Å². The van der Waals surface area contributed by atoms with E-state index in [9.17, 15) is 14.4 Å². The van der Waals surface area contributed by atoms with Crippen molar-refractivity contribution in [3.05, 3.63) is 45.6 Å². The smallest absolute Gasteiger partial charge is 0.348 e. The number of esters is 1. The van der Waals surface area contributed by atoms with Crippen LogP contribution in [-0.4, -0.2) is 29.9 Å². The Hall–Kier alpha value is -2.67. The first kappa shape index (κ1) is 17.7. The molecule has 0 spiro atoms. The molecule has 0 bridgehead atoms. The van der Waals surface area contributed by atoms with Gasteiger partial charge in [-0.15, -0.1) is 11.3 Å². The molecule has 2 amide bonds. The van der Waals surface area contributed by atoms with E-state index in [1.807, 2.05) is 6.07 Å². The minimum Gasteiger partial charge on any atom is -0.451 e. The van der Waals surface area contributed by atoms with Crippen LogP contribution in [0.2, 0.25) is 0 Å². The van der Waals surface area contributed by atoms with Gasteiger partial charge >= 0.3 is 5.97 Å². The van der Waals surface area contributed by atoms with E-state index in [1.54, 1.807) is 38.1 Å². The normalized spacial score (nSPS) is 17.1. The fourth-order valence-electron chi connectivity index (χ4n) is 3.59. The summed E-state index contributed by atoms with van der Waals surface area (Å²) in [5.41, 5.74) is 1.29. The maximum Gasteiger partial charge on any atom is 0.348 e. The lowest BCUT2D eigenvalue weighted by Gasteiger charge is -2.41. The van der Waals surface area contributed by atoms with Crippen LogP contribution in [0.25, 0.3) is 0 Å². The van der Waals surface area contributed by atoms with Gasteiger partial charge in [-0.1, -0.05) is 12.1 Å². The van der Waals surface area contributed by atoms with Crippen LogP contribution in [-0.2, 0) is 27.2 Å². The average Bonchev–Trinajstić information content (AvgIpc) is 3.22.